The van der Waals surface area contributed by atoms with Crippen molar-refractivity contribution < 1.29 is 9.18 Å². The molecule has 0 bridgehead atoms. The number of halogens is 1. The molecule has 6 heteroatoms. The van der Waals surface area contributed by atoms with E-state index in [2.05, 4.69) is 15.1 Å². The van der Waals surface area contributed by atoms with Gasteiger partial charge in [-0.3, -0.25) is 9.69 Å². The van der Waals surface area contributed by atoms with E-state index in [9.17, 15) is 9.18 Å². The number of hydrogen-bond acceptors (Lipinski definition) is 5. The lowest BCUT2D eigenvalue weighted by atomic mass is 10.0. The average molecular weight is 319 g/mol. The van der Waals surface area contributed by atoms with Gasteiger partial charge < -0.3 is 0 Å². The van der Waals surface area contributed by atoms with Crippen LogP contribution in [0.25, 0.3) is 0 Å². The first kappa shape index (κ1) is 15.2. The van der Waals surface area contributed by atoms with Gasteiger partial charge in [0.1, 0.15) is 15.8 Å². The Balaban J connectivity index is 1.63. The molecule has 0 aliphatic carbocycles. The van der Waals surface area contributed by atoms with E-state index in [0.717, 1.165) is 35.9 Å². The molecule has 1 aliphatic rings. The summed E-state index contributed by atoms with van der Waals surface area (Å²) in [6, 6.07) is 6.03. The maximum absolute atomic E-state index is 12.9. The molecule has 4 nitrogen and oxygen atoms in total. The molecule has 3 rings (SSSR count). The number of Topliss-reactive ketones (excluding diaryl/α,β-unsaturated/α-hetero) is 1. The highest BCUT2D eigenvalue weighted by Gasteiger charge is 2.27. The first-order valence-corrected chi connectivity index (χ1v) is 8.25. The van der Waals surface area contributed by atoms with Crippen LogP contribution >= 0.6 is 11.3 Å². The van der Waals surface area contributed by atoms with Gasteiger partial charge in [0.25, 0.3) is 0 Å². The van der Waals surface area contributed by atoms with Gasteiger partial charge in [-0.2, -0.15) is 0 Å². The number of nitrogens with zero attached hydrogens (tertiary/aromatic N) is 3. The van der Waals surface area contributed by atoms with Gasteiger partial charge in [-0.05, 0) is 50.6 Å². The summed E-state index contributed by atoms with van der Waals surface area (Å²) in [4.78, 5) is 14.6. The minimum Gasteiger partial charge on any atom is -0.294 e. The van der Waals surface area contributed by atoms with Crippen molar-refractivity contribution >= 4 is 17.1 Å². The molecule has 0 saturated carbocycles. The van der Waals surface area contributed by atoms with Crippen LogP contribution in [0.15, 0.2) is 24.3 Å². The van der Waals surface area contributed by atoms with E-state index in [1.54, 1.807) is 23.5 Å². The highest BCUT2D eigenvalue weighted by Crippen LogP contribution is 2.25. The molecular formula is C16H18FN3OS. The summed E-state index contributed by atoms with van der Waals surface area (Å²) in [7, 11) is 0. The highest BCUT2D eigenvalue weighted by molar-refractivity contribution is 7.11. The minimum atomic E-state index is -0.314. The van der Waals surface area contributed by atoms with Gasteiger partial charge in [-0.25, -0.2) is 4.39 Å². The molecule has 116 valence electrons. The second-order valence-corrected chi connectivity index (χ2v) is 6.88. The zero-order valence-corrected chi connectivity index (χ0v) is 13.3. The van der Waals surface area contributed by atoms with Gasteiger partial charge in [0, 0.05) is 18.0 Å². The topological polar surface area (TPSA) is 46.1 Å². The van der Waals surface area contributed by atoms with E-state index < -0.39 is 0 Å². The van der Waals surface area contributed by atoms with Crippen LogP contribution in [0.4, 0.5) is 4.39 Å². The lowest BCUT2D eigenvalue weighted by molar-refractivity contribution is 0.0938. The zero-order valence-electron chi connectivity index (χ0n) is 12.5. The molecule has 1 fully saturated rings. The highest BCUT2D eigenvalue weighted by atomic mass is 32.1. The Morgan fingerprint density at radius 3 is 2.82 bits per heavy atom. The molecule has 1 aromatic carbocycles. The van der Waals surface area contributed by atoms with Gasteiger partial charge in [-0.1, -0.05) is 0 Å². The van der Waals surface area contributed by atoms with Crippen molar-refractivity contribution in [1.29, 1.82) is 0 Å². The first-order valence-electron chi connectivity index (χ1n) is 7.43. The van der Waals surface area contributed by atoms with E-state index in [4.69, 9.17) is 0 Å². The second kappa shape index (κ2) is 6.62. The molecule has 1 saturated heterocycles. The van der Waals surface area contributed by atoms with Crippen molar-refractivity contribution in [2.75, 3.05) is 6.54 Å². The quantitative estimate of drug-likeness (QED) is 0.794. The summed E-state index contributed by atoms with van der Waals surface area (Å²) >= 11 is 1.60. The number of rotatable bonds is 5. The van der Waals surface area contributed by atoms with Crippen molar-refractivity contribution in [2.45, 2.75) is 38.8 Å². The fourth-order valence-electron chi connectivity index (χ4n) is 2.88. The third-order valence-electron chi connectivity index (χ3n) is 3.99. The third-order valence-corrected chi connectivity index (χ3v) is 4.82. The van der Waals surface area contributed by atoms with E-state index in [1.807, 2.05) is 6.92 Å². The molecule has 2 heterocycles. The fourth-order valence-corrected chi connectivity index (χ4v) is 3.61. The second-order valence-electron chi connectivity index (χ2n) is 5.62. The summed E-state index contributed by atoms with van der Waals surface area (Å²) in [5, 5.41) is 10.2. The van der Waals surface area contributed by atoms with Gasteiger partial charge in [-0.15, -0.1) is 21.5 Å². The molecule has 1 aliphatic heterocycles. The number of ketones is 1. The minimum absolute atomic E-state index is 0.0744. The normalized spacial score (nSPS) is 18.7. The Labute approximate surface area is 133 Å². The largest absolute Gasteiger partial charge is 0.294 e. The summed E-state index contributed by atoms with van der Waals surface area (Å²) in [6.07, 6.45) is 2.59. The number of carbonyl (C=O) groups is 1. The SMILES string of the molecule is Cc1nnc(CN2CCC[C@@H]2CC(=O)c2ccc(F)cc2)s1. The van der Waals surface area contributed by atoms with Crippen LogP contribution < -0.4 is 0 Å². The third kappa shape index (κ3) is 3.56. The Kier molecular flexibility index (Phi) is 4.59. The van der Waals surface area contributed by atoms with Gasteiger partial charge in [0.2, 0.25) is 0 Å². The predicted octanol–water partition coefficient (Wildman–Crippen LogP) is 3.22. The van der Waals surface area contributed by atoms with E-state index >= 15 is 0 Å². The molecule has 1 atom stereocenters. The Bertz CT molecular complexity index is 656. The van der Waals surface area contributed by atoms with Crippen molar-refractivity contribution in [3.05, 3.63) is 45.7 Å². The summed E-state index contributed by atoms with van der Waals surface area (Å²) in [5.41, 5.74) is 0.583. The predicted molar refractivity (Wildman–Crippen MR) is 83.4 cm³/mol. The van der Waals surface area contributed by atoms with Crippen molar-refractivity contribution in [3.8, 4) is 0 Å². The molecular weight excluding hydrogens is 301 g/mol. The first-order chi connectivity index (χ1) is 10.6. The molecule has 0 amide bonds. The van der Waals surface area contributed by atoms with Crippen LogP contribution in [-0.2, 0) is 6.54 Å². The summed E-state index contributed by atoms with van der Waals surface area (Å²) in [5.74, 6) is -0.240. The number of carbonyl (C=O) groups excluding carboxylic acids is 1. The number of likely N-dealkylation sites (tertiary alicyclic amines) is 1. The van der Waals surface area contributed by atoms with E-state index in [-0.39, 0.29) is 17.6 Å². The maximum atomic E-state index is 12.9. The smallest absolute Gasteiger partial charge is 0.164 e. The molecule has 22 heavy (non-hydrogen) atoms. The van der Waals surface area contributed by atoms with Crippen LogP contribution in [0.1, 0.15) is 39.6 Å². The maximum Gasteiger partial charge on any atom is 0.164 e. The van der Waals surface area contributed by atoms with Crippen LogP contribution in [0.5, 0.6) is 0 Å². The molecule has 0 radical (unpaired) electrons. The van der Waals surface area contributed by atoms with Crippen molar-refractivity contribution in [3.63, 3.8) is 0 Å². The van der Waals surface area contributed by atoms with Crippen LogP contribution in [0.2, 0.25) is 0 Å². The van der Waals surface area contributed by atoms with Gasteiger partial charge in [0.15, 0.2) is 5.78 Å². The molecule has 0 unspecified atom stereocenters. The lowest BCUT2D eigenvalue weighted by Gasteiger charge is -2.22. The summed E-state index contributed by atoms with van der Waals surface area (Å²) in [6.45, 7) is 3.69. The Hall–Kier alpha value is -1.66. The number of aryl methyl sites for hydroxylation is 1. The number of benzene rings is 1. The van der Waals surface area contributed by atoms with Gasteiger partial charge >= 0.3 is 0 Å². The number of hydrogen-bond donors (Lipinski definition) is 0. The Morgan fingerprint density at radius 2 is 2.14 bits per heavy atom. The van der Waals surface area contributed by atoms with Crippen molar-refractivity contribution in [2.24, 2.45) is 0 Å². The van der Waals surface area contributed by atoms with Crippen LogP contribution in [0.3, 0.4) is 0 Å². The fraction of sp³-hybridized carbons (Fsp3) is 0.438. The number of aromatic nitrogens is 2. The molecule has 1 aromatic heterocycles. The summed E-state index contributed by atoms with van der Waals surface area (Å²) < 4.78 is 12.9. The zero-order chi connectivity index (χ0) is 15.5. The molecule has 2 aromatic rings. The molecule has 0 N–H and O–H groups in total. The lowest BCUT2D eigenvalue weighted by Crippen LogP contribution is -2.30. The van der Waals surface area contributed by atoms with E-state index in [0.29, 0.717) is 12.0 Å². The van der Waals surface area contributed by atoms with Crippen molar-refractivity contribution in [1.82, 2.24) is 15.1 Å². The average Bonchev–Trinajstić information content (AvgIpc) is 3.10. The standard InChI is InChI=1S/C16H18FN3OS/c1-11-18-19-16(22-11)10-20-8-2-3-14(20)9-15(21)12-4-6-13(17)7-5-12/h4-7,14H,2-3,8-10H2,1H3/t14-/m1/s1. The van der Waals surface area contributed by atoms with Crippen LogP contribution in [0, 0.1) is 12.7 Å². The monoisotopic (exact) mass is 319 g/mol. The molecule has 0 spiro atoms. The van der Waals surface area contributed by atoms with E-state index in [1.165, 1.54) is 12.1 Å². The Morgan fingerprint density at radius 1 is 1.36 bits per heavy atom. The van der Waals surface area contributed by atoms with Crippen LogP contribution in [-0.4, -0.2) is 33.5 Å². The van der Waals surface area contributed by atoms with Gasteiger partial charge in [0.05, 0.1) is 6.54 Å².